The summed E-state index contributed by atoms with van der Waals surface area (Å²) < 4.78 is 0. The molecule has 0 saturated heterocycles. The van der Waals surface area contributed by atoms with Gasteiger partial charge in [-0.05, 0) is 47.1 Å². The van der Waals surface area contributed by atoms with E-state index in [-0.39, 0.29) is 0 Å². The van der Waals surface area contributed by atoms with Crippen molar-refractivity contribution in [2.24, 2.45) is 17.8 Å². The third-order valence-corrected chi connectivity index (χ3v) is 5.86. The zero-order chi connectivity index (χ0) is 10.8. The molecule has 0 N–H and O–H groups in total. The van der Waals surface area contributed by atoms with Crippen LogP contribution in [0.25, 0.3) is 0 Å². The molecule has 1 heteroatoms. The number of rotatable bonds is 2. The van der Waals surface area contributed by atoms with E-state index in [0.717, 1.165) is 23.7 Å². The van der Waals surface area contributed by atoms with Gasteiger partial charge < -0.3 is 0 Å². The van der Waals surface area contributed by atoms with Crippen molar-refractivity contribution in [1.29, 1.82) is 0 Å². The van der Waals surface area contributed by atoms with Crippen molar-refractivity contribution < 1.29 is 0 Å². The maximum atomic E-state index is 2.42. The molecule has 1 saturated carbocycles. The molecule has 3 rings (SSSR count). The highest BCUT2D eigenvalue weighted by Crippen LogP contribution is 2.71. The van der Waals surface area contributed by atoms with E-state index in [1.54, 1.807) is 10.4 Å². The lowest BCUT2D eigenvalue weighted by molar-refractivity contribution is 0.192. The summed E-state index contributed by atoms with van der Waals surface area (Å²) in [5.41, 5.74) is 2.21. The zero-order valence-corrected chi connectivity index (χ0v) is 10.9. The first-order chi connectivity index (χ1) is 7.10. The molecule has 1 heterocycles. The van der Waals surface area contributed by atoms with Gasteiger partial charge in [0.2, 0.25) is 0 Å². The standard InChI is InChI=1S/C14H20S/c1-8(2)14(9(3)4)11-5-6-15-13(11)10-7-12(10)14/h5-6,8-10,12H,7H2,1-4H3. The number of fused-ring (bicyclic) bond motifs is 3. The summed E-state index contributed by atoms with van der Waals surface area (Å²) in [7, 11) is 0. The van der Waals surface area contributed by atoms with E-state index in [9.17, 15) is 0 Å². The number of hydrogen-bond donors (Lipinski definition) is 0. The molecule has 15 heavy (non-hydrogen) atoms. The van der Waals surface area contributed by atoms with Crippen LogP contribution in [-0.2, 0) is 5.41 Å². The Kier molecular flexibility index (Phi) is 1.90. The molecule has 1 aromatic rings. The van der Waals surface area contributed by atoms with Crippen LogP contribution in [0, 0.1) is 17.8 Å². The fourth-order valence-corrected chi connectivity index (χ4v) is 5.48. The molecule has 2 aliphatic carbocycles. The van der Waals surface area contributed by atoms with Gasteiger partial charge in [-0.2, -0.15) is 0 Å². The second kappa shape index (κ2) is 2.88. The Balaban J connectivity index is 2.19. The molecule has 0 amide bonds. The summed E-state index contributed by atoms with van der Waals surface area (Å²) in [5.74, 6) is 3.47. The highest BCUT2D eigenvalue weighted by Gasteiger charge is 2.63. The van der Waals surface area contributed by atoms with Crippen LogP contribution in [0.3, 0.4) is 0 Å². The van der Waals surface area contributed by atoms with Crippen LogP contribution in [0.1, 0.15) is 50.5 Å². The van der Waals surface area contributed by atoms with E-state index in [0.29, 0.717) is 5.41 Å². The predicted molar refractivity (Wildman–Crippen MR) is 66.5 cm³/mol. The van der Waals surface area contributed by atoms with E-state index < -0.39 is 0 Å². The second-order valence-electron chi connectivity index (χ2n) is 5.89. The summed E-state index contributed by atoms with van der Waals surface area (Å²) in [4.78, 5) is 1.72. The Morgan fingerprint density at radius 2 is 1.93 bits per heavy atom. The summed E-state index contributed by atoms with van der Waals surface area (Å²) in [6, 6.07) is 2.41. The average Bonchev–Trinajstić information content (AvgIpc) is 2.69. The van der Waals surface area contributed by atoms with Gasteiger partial charge in [0.25, 0.3) is 0 Å². The zero-order valence-electron chi connectivity index (χ0n) is 10.1. The summed E-state index contributed by atoms with van der Waals surface area (Å²) in [5, 5.41) is 2.30. The molecule has 0 aliphatic heterocycles. The summed E-state index contributed by atoms with van der Waals surface area (Å²) in [6.45, 7) is 9.68. The van der Waals surface area contributed by atoms with Crippen molar-refractivity contribution in [3.63, 3.8) is 0 Å². The van der Waals surface area contributed by atoms with Gasteiger partial charge in [0.15, 0.2) is 0 Å². The molecule has 0 spiro atoms. The molecule has 0 nitrogen and oxygen atoms in total. The van der Waals surface area contributed by atoms with Crippen molar-refractivity contribution in [3.8, 4) is 0 Å². The first kappa shape index (κ1) is 9.89. The van der Waals surface area contributed by atoms with E-state index in [4.69, 9.17) is 0 Å². The van der Waals surface area contributed by atoms with Crippen LogP contribution in [0.4, 0.5) is 0 Å². The minimum Gasteiger partial charge on any atom is -0.148 e. The Bertz CT molecular complexity index is 378. The van der Waals surface area contributed by atoms with Crippen molar-refractivity contribution in [1.82, 2.24) is 0 Å². The van der Waals surface area contributed by atoms with Crippen LogP contribution in [0.2, 0.25) is 0 Å². The van der Waals surface area contributed by atoms with Crippen LogP contribution >= 0.6 is 11.3 Å². The van der Waals surface area contributed by atoms with Gasteiger partial charge in [0.1, 0.15) is 0 Å². The molecule has 2 unspecified atom stereocenters. The van der Waals surface area contributed by atoms with Gasteiger partial charge in [-0.3, -0.25) is 0 Å². The van der Waals surface area contributed by atoms with E-state index >= 15 is 0 Å². The number of hydrogen-bond acceptors (Lipinski definition) is 1. The Labute approximate surface area is 96.7 Å². The lowest BCUT2D eigenvalue weighted by Crippen LogP contribution is -2.38. The topological polar surface area (TPSA) is 0 Å². The van der Waals surface area contributed by atoms with Gasteiger partial charge in [-0.15, -0.1) is 11.3 Å². The molecule has 2 atom stereocenters. The van der Waals surface area contributed by atoms with Gasteiger partial charge in [0.05, 0.1) is 0 Å². The molecule has 0 aromatic carbocycles. The van der Waals surface area contributed by atoms with E-state index in [2.05, 4.69) is 39.1 Å². The van der Waals surface area contributed by atoms with E-state index in [1.165, 1.54) is 6.42 Å². The van der Waals surface area contributed by atoms with Crippen molar-refractivity contribution in [3.05, 3.63) is 21.9 Å². The quantitative estimate of drug-likeness (QED) is 0.692. The van der Waals surface area contributed by atoms with E-state index in [1.807, 2.05) is 11.3 Å². The smallest absolute Gasteiger partial charge is 0.0117 e. The third-order valence-electron chi connectivity index (χ3n) is 4.81. The Hall–Kier alpha value is -0.300. The van der Waals surface area contributed by atoms with Gasteiger partial charge >= 0.3 is 0 Å². The second-order valence-corrected chi connectivity index (χ2v) is 6.84. The Morgan fingerprint density at radius 3 is 2.53 bits per heavy atom. The molecule has 0 radical (unpaired) electrons. The molecular weight excluding hydrogens is 200 g/mol. The lowest BCUT2D eigenvalue weighted by atomic mass is 9.63. The molecule has 1 fully saturated rings. The average molecular weight is 220 g/mol. The fourth-order valence-electron chi connectivity index (χ4n) is 4.32. The minimum atomic E-state index is 0.500. The van der Waals surface area contributed by atoms with Gasteiger partial charge in [0, 0.05) is 10.3 Å². The Morgan fingerprint density at radius 1 is 1.27 bits per heavy atom. The maximum Gasteiger partial charge on any atom is 0.0117 e. The molecule has 0 bridgehead atoms. The first-order valence-electron chi connectivity index (χ1n) is 6.18. The SMILES string of the molecule is CC(C)C1(C(C)C)c2ccsc2C2CC21. The van der Waals surface area contributed by atoms with Crippen molar-refractivity contribution in [2.75, 3.05) is 0 Å². The normalized spacial score (nSPS) is 30.8. The highest BCUT2D eigenvalue weighted by atomic mass is 32.1. The molecule has 2 aliphatic rings. The fraction of sp³-hybridized carbons (Fsp3) is 0.714. The van der Waals surface area contributed by atoms with Crippen LogP contribution in [-0.4, -0.2) is 0 Å². The van der Waals surface area contributed by atoms with Crippen molar-refractivity contribution >= 4 is 11.3 Å². The predicted octanol–water partition coefficient (Wildman–Crippen LogP) is 4.42. The third kappa shape index (κ3) is 0.982. The van der Waals surface area contributed by atoms with Crippen LogP contribution in [0.15, 0.2) is 11.4 Å². The maximum absolute atomic E-state index is 2.42. The lowest BCUT2D eigenvalue weighted by Gasteiger charge is -2.40. The molecule has 1 aromatic heterocycles. The van der Waals surface area contributed by atoms with Crippen LogP contribution in [0.5, 0.6) is 0 Å². The minimum absolute atomic E-state index is 0.500. The highest BCUT2D eigenvalue weighted by molar-refractivity contribution is 7.10. The molecular formula is C14H20S. The monoisotopic (exact) mass is 220 g/mol. The number of thiophene rings is 1. The molecule has 82 valence electrons. The largest absolute Gasteiger partial charge is 0.148 e. The van der Waals surface area contributed by atoms with Crippen molar-refractivity contribution in [2.45, 2.75) is 45.4 Å². The first-order valence-corrected chi connectivity index (χ1v) is 7.06. The van der Waals surface area contributed by atoms with Crippen LogP contribution < -0.4 is 0 Å². The summed E-state index contributed by atoms with van der Waals surface area (Å²) >= 11 is 2.00. The van der Waals surface area contributed by atoms with Gasteiger partial charge in [-0.1, -0.05) is 27.7 Å². The summed E-state index contributed by atoms with van der Waals surface area (Å²) in [6.07, 6.45) is 1.46. The van der Waals surface area contributed by atoms with Gasteiger partial charge in [-0.25, -0.2) is 0 Å².